The van der Waals surface area contributed by atoms with E-state index in [0.717, 1.165) is 24.1 Å². The van der Waals surface area contributed by atoms with Crippen molar-refractivity contribution in [2.45, 2.75) is 71.7 Å². The molecular formula is C23H38IN5O3. The van der Waals surface area contributed by atoms with Crippen LogP contribution in [0.1, 0.15) is 58.6 Å². The van der Waals surface area contributed by atoms with Gasteiger partial charge < -0.3 is 25.6 Å². The van der Waals surface area contributed by atoms with E-state index in [1.54, 1.807) is 7.05 Å². The molecule has 2 amide bonds. The van der Waals surface area contributed by atoms with Gasteiger partial charge in [0.25, 0.3) is 0 Å². The number of guanidine groups is 1. The maximum atomic E-state index is 12.0. The normalized spacial score (nSPS) is 14.6. The number of rotatable bonds is 7. The maximum Gasteiger partial charge on any atom is 0.408 e. The Hall–Kier alpha value is -2.04. The summed E-state index contributed by atoms with van der Waals surface area (Å²) in [4.78, 5) is 30.1. The number of carbonyl (C=O) groups excluding carboxylic acids is 2. The number of hydrogen-bond acceptors (Lipinski definition) is 4. The monoisotopic (exact) mass is 559 g/mol. The molecule has 2 rings (SSSR count). The minimum atomic E-state index is -0.540. The lowest BCUT2D eigenvalue weighted by Gasteiger charge is -2.29. The summed E-state index contributed by atoms with van der Waals surface area (Å²) in [7, 11) is 1.71. The summed E-state index contributed by atoms with van der Waals surface area (Å²) in [6.07, 6.45) is 1.15. The van der Waals surface area contributed by atoms with Crippen molar-refractivity contribution >= 4 is 41.9 Å². The Labute approximate surface area is 209 Å². The summed E-state index contributed by atoms with van der Waals surface area (Å²) in [5.74, 6) is 0.870. The Balaban J connectivity index is 0.00000512. The summed E-state index contributed by atoms with van der Waals surface area (Å²) in [5, 5.41) is 9.41. The number of hydrogen-bond donors (Lipinski definition) is 3. The van der Waals surface area contributed by atoms with Crippen LogP contribution in [0.4, 0.5) is 4.79 Å². The Morgan fingerprint density at radius 3 is 2.44 bits per heavy atom. The van der Waals surface area contributed by atoms with Crippen LogP contribution in [0.15, 0.2) is 29.3 Å². The van der Waals surface area contributed by atoms with Crippen molar-refractivity contribution in [1.29, 1.82) is 0 Å². The van der Waals surface area contributed by atoms with Crippen molar-refractivity contribution in [2.75, 3.05) is 20.1 Å². The standard InChI is InChI=1S/C23H37N5O3.HI/c1-22(2,3)31-21(30)27-23(4,5)16-26-20(24-6)25-14-17-9-7-10-18(13-17)15-28-12-8-11-19(28)29;/h7,9-10,13H,8,11-12,14-16H2,1-6H3,(H,27,30)(H2,24,25,26);1H. The SMILES string of the molecule is CN=C(NCc1cccc(CN2CCCC2=O)c1)NCC(C)(C)NC(=O)OC(C)(C)C.I. The molecule has 1 aliphatic rings. The fraction of sp³-hybridized carbons (Fsp3) is 0.609. The molecule has 180 valence electrons. The highest BCUT2D eigenvalue weighted by atomic mass is 127. The third kappa shape index (κ3) is 10.1. The number of nitrogens with zero attached hydrogens (tertiary/aromatic N) is 2. The first-order chi connectivity index (χ1) is 14.5. The summed E-state index contributed by atoms with van der Waals surface area (Å²) in [6, 6.07) is 8.22. The Kier molecular flexibility index (Phi) is 10.7. The highest BCUT2D eigenvalue weighted by Crippen LogP contribution is 2.15. The number of likely N-dealkylation sites (tertiary alicyclic amines) is 1. The van der Waals surface area contributed by atoms with Gasteiger partial charge in [0.05, 0.1) is 5.54 Å². The number of carbonyl (C=O) groups is 2. The van der Waals surface area contributed by atoms with Crippen molar-refractivity contribution < 1.29 is 14.3 Å². The lowest BCUT2D eigenvalue weighted by Crippen LogP contribution is -2.54. The molecule has 0 spiro atoms. The van der Waals surface area contributed by atoms with E-state index in [9.17, 15) is 9.59 Å². The molecule has 0 radical (unpaired) electrons. The molecule has 9 heteroatoms. The first-order valence-electron chi connectivity index (χ1n) is 10.8. The van der Waals surface area contributed by atoms with Gasteiger partial charge in [-0.05, 0) is 52.2 Å². The second-order valence-electron chi connectivity index (χ2n) is 9.53. The van der Waals surface area contributed by atoms with Crippen LogP contribution in [0, 0.1) is 0 Å². The van der Waals surface area contributed by atoms with E-state index in [4.69, 9.17) is 4.74 Å². The predicted molar refractivity (Wildman–Crippen MR) is 138 cm³/mol. The number of halogens is 1. The van der Waals surface area contributed by atoms with Gasteiger partial charge in [-0.3, -0.25) is 9.79 Å². The lowest BCUT2D eigenvalue weighted by molar-refractivity contribution is -0.128. The van der Waals surface area contributed by atoms with E-state index in [1.165, 1.54) is 0 Å². The molecule has 0 aliphatic carbocycles. The minimum absolute atomic E-state index is 0. The molecule has 0 atom stereocenters. The lowest BCUT2D eigenvalue weighted by atomic mass is 10.1. The van der Waals surface area contributed by atoms with Crippen LogP contribution in [0.2, 0.25) is 0 Å². The molecule has 1 aromatic carbocycles. The topological polar surface area (TPSA) is 95.1 Å². The summed E-state index contributed by atoms with van der Waals surface area (Å²) < 4.78 is 5.33. The molecule has 0 unspecified atom stereocenters. The van der Waals surface area contributed by atoms with Crippen molar-refractivity contribution in [3.05, 3.63) is 35.4 Å². The predicted octanol–water partition coefficient (Wildman–Crippen LogP) is 3.40. The van der Waals surface area contributed by atoms with Crippen LogP contribution in [-0.4, -0.2) is 54.1 Å². The highest BCUT2D eigenvalue weighted by molar-refractivity contribution is 14.0. The molecular weight excluding hydrogens is 521 g/mol. The van der Waals surface area contributed by atoms with E-state index < -0.39 is 17.2 Å². The third-order valence-corrected chi connectivity index (χ3v) is 4.76. The zero-order valence-electron chi connectivity index (χ0n) is 20.1. The number of benzene rings is 1. The fourth-order valence-electron chi connectivity index (χ4n) is 3.26. The van der Waals surface area contributed by atoms with Crippen LogP contribution in [-0.2, 0) is 22.6 Å². The van der Waals surface area contributed by atoms with E-state index in [0.29, 0.717) is 32.0 Å². The second-order valence-corrected chi connectivity index (χ2v) is 9.53. The average molecular weight is 559 g/mol. The van der Waals surface area contributed by atoms with E-state index in [-0.39, 0.29) is 29.9 Å². The van der Waals surface area contributed by atoms with E-state index in [1.807, 2.05) is 57.7 Å². The molecule has 0 saturated carbocycles. The van der Waals surface area contributed by atoms with Crippen molar-refractivity contribution in [3.8, 4) is 0 Å². The van der Waals surface area contributed by atoms with Crippen LogP contribution in [0.3, 0.4) is 0 Å². The van der Waals surface area contributed by atoms with Crippen LogP contribution >= 0.6 is 24.0 Å². The Bertz CT molecular complexity index is 805. The van der Waals surface area contributed by atoms with Gasteiger partial charge in [0.15, 0.2) is 5.96 Å². The zero-order valence-corrected chi connectivity index (χ0v) is 22.4. The Morgan fingerprint density at radius 1 is 1.16 bits per heavy atom. The van der Waals surface area contributed by atoms with E-state index in [2.05, 4.69) is 27.0 Å². The molecule has 1 saturated heterocycles. The molecule has 0 bridgehead atoms. The van der Waals surface area contributed by atoms with Crippen LogP contribution in [0.5, 0.6) is 0 Å². The molecule has 1 fully saturated rings. The van der Waals surface area contributed by atoms with Gasteiger partial charge in [-0.1, -0.05) is 24.3 Å². The zero-order chi connectivity index (χ0) is 23.1. The molecule has 0 aromatic heterocycles. The van der Waals surface area contributed by atoms with Gasteiger partial charge in [0.1, 0.15) is 5.60 Å². The van der Waals surface area contributed by atoms with Gasteiger partial charge in [0, 0.05) is 39.6 Å². The van der Waals surface area contributed by atoms with Crippen molar-refractivity contribution in [2.24, 2.45) is 4.99 Å². The largest absolute Gasteiger partial charge is 0.444 e. The minimum Gasteiger partial charge on any atom is -0.444 e. The Morgan fingerprint density at radius 2 is 1.84 bits per heavy atom. The van der Waals surface area contributed by atoms with Crippen molar-refractivity contribution in [3.63, 3.8) is 0 Å². The molecule has 1 aliphatic heterocycles. The quantitative estimate of drug-likeness (QED) is 0.271. The van der Waals surface area contributed by atoms with Gasteiger partial charge in [-0.2, -0.15) is 0 Å². The van der Waals surface area contributed by atoms with Gasteiger partial charge >= 0.3 is 6.09 Å². The van der Waals surface area contributed by atoms with Crippen LogP contribution < -0.4 is 16.0 Å². The molecule has 3 N–H and O–H groups in total. The summed E-state index contributed by atoms with van der Waals surface area (Å²) in [6.45, 7) is 11.9. The number of aliphatic imine (C=N–C) groups is 1. The first-order valence-corrected chi connectivity index (χ1v) is 10.8. The third-order valence-electron chi connectivity index (χ3n) is 4.76. The summed E-state index contributed by atoms with van der Waals surface area (Å²) in [5.41, 5.74) is 1.17. The average Bonchev–Trinajstić information content (AvgIpc) is 3.04. The van der Waals surface area contributed by atoms with Crippen LogP contribution in [0.25, 0.3) is 0 Å². The fourth-order valence-corrected chi connectivity index (χ4v) is 3.26. The van der Waals surface area contributed by atoms with Gasteiger partial charge in [-0.25, -0.2) is 4.79 Å². The molecule has 32 heavy (non-hydrogen) atoms. The smallest absolute Gasteiger partial charge is 0.408 e. The number of ether oxygens (including phenoxy) is 1. The van der Waals surface area contributed by atoms with Crippen molar-refractivity contribution in [1.82, 2.24) is 20.9 Å². The number of amides is 2. The number of alkyl carbamates (subject to hydrolysis) is 1. The van der Waals surface area contributed by atoms with E-state index >= 15 is 0 Å². The van der Waals surface area contributed by atoms with Gasteiger partial charge in [-0.15, -0.1) is 24.0 Å². The molecule has 8 nitrogen and oxygen atoms in total. The molecule has 1 heterocycles. The second kappa shape index (κ2) is 12.3. The highest BCUT2D eigenvalue weighted by Gasteiger charge is 2.25. The summed E-state index contributed by atoms with van der Waals surface area (Å²) >= 11 is 0. The first kappa shape index (κ1) is 28.0. The van der Waals surface area contributed by atoms with Gasteiger partial charge in [0.2, 0.25) is 5.91 Å². The molecule has 1 aromatic rings. The maximum absolute atomic E-state index is 12.0. The number of nitrogens with one attached hydrogen (secondary N) is 3.